The van der Waals surface area contributed by atoms with Gasteiger partial charge in [0.15, 0.2) is 22.5 Å². The first-order valence-corrected chi connectivity index (χ1v) is 13.8. The fourth-order valence-corrected chi connectivity index (χ4v) is 5.68. The summed E-state index contributed by atoms with van der Waals surface area (Å²) in [7, 11) is 0. The number of aromatic nitrogens is 3. The first-order chi connectivity index (χ1) is 18.2. The molecule has 2 fully saturated rings. The number of nitrogens with zero attached hydrogens (tertiary/aromatic N) is 6. The lowest BCUT2D eigenvalue weighted by atomic mass is 9.98. The van der Waals surface area contributed by atoms with Gasteiger partial charge in [-0.25, -0.2) is 15.0 Å². The van der Waals surface area contributed by atoms with E-state index in [1.54, 1.807) is 13.0 Å². The molecule has 0 bridgehead atoms. The molecule has 4 heterocycles. The molecule has 0 unspecified atom stereocenters. The van der Waals surface area contributed by atoms with Gasteiger partial charge < -0.3 is 26.8 Å². The van der Waals surface area contributed by atoms with Crippen molar-refractivity contribution >= 4 is 46.6 Å². The lowest BCUT2D eigenvalue weighted by Crippen LogP contribution is -2.58. The summed E-state index contributed by atoms with van der Waals surface area (Å²) in [5, 5.41) is 12.5. The van der Waals surface area contributed by atoms with Gasteiger partial charge in [0, 0.05) is 50.4 Å². The largest absolute Gasteiger partial charge is 0.392 e. The summed E-state index contributed by atoms with van der Waals surface area (Å²) in [6.45, 7) is 9.01. The number of hydrogen-bond donors (Lipinski definition) is 4. The fraction of sp³-hybridized carbons (Fsp3) is 0.600. The molecular weight excluding hydrogens is 529 g/mol. The number of nitrogen functional groups attached to an aromatic ring is 2. The zero-order valence-electron chi connectivity index (χ0n) is 21.9. The number of nitrogens with two attached hydrogens (primary N) is 2. The number of nitrogens with one attached hydrogen (secondary N) is 1. The van der Waals surface area contributed by atoms with Crippen LogP contribution in [0.2, 0.25) is 10.3 Å². The summed E-state index contributed by atoms with van der Waals surface area (Å²) in [6.07, 6.45) is 2.48. The number of likely N-dealkylation sites (tertiary alicyclic amines) is 1. The van der Waals surface area contributed by atoms with Crippen LogP contribution in [0, 0.1) is 0 Å². The molecule has 0 spiro atoms. The zero-order chi connectivity index (χ0) is 27.4. The minimum atomic E-state index is -0.683. The molecule has 0 saturated carbocycles. The second-order valence-corrected chi connectivity index (χ2v) is 10.8. The van der Waals surface area contributed by atoms with Crippen molar-refractivity contribution in [3.05, 3.63) is 33.7 Å². The standard InChI is InChI=1S/C25H37Cl2N9O2/c1-3-17-14-35(24-21(27)32-20(23(29)33-24)25(38)30-12-15(2)37)10-11-36(17)18-6-8-34(9-7-18)13-16-4-5-19(26)31-22(16)28/h4-5,15,17-18,37H,3,6-14H2,1-2H3,(H2,28,31)(H2,29,33)(H,30,38)/t15-,17-/m0/s1. The predicted octanol–water partition coefficient (Wildman–Crippen LogP) is 2.02. The Labute approximate surface area is 233 Å². The van der Waals surface area contributed by atoms with Gasteiger partial charge in [0.25, 0.3) is 5.91 Å². The molecule has 0 aromatic carbocycles. The summed E-state index contributed by atoms with van der Waals surface area (Å²) >= 11 is 12.4. The number of rotatable bonds is 8. The maximum absolute atomic E-state index is 12.4. The number of pyridine rings is 1. The van der Waals surface area contributed by atoms with Gasteiger partial charge in [-0.3, -0.25) is 14.6 Å². The maximum Gasteiger partial charge on any atom is 0.273 e. The molecule has 38 heavy (non-hydrogen) atoms. The molecule has 2 aliphatic heterocycles. The van der Waals surface area contributed by atoms with Crippen LogP contribution >= 0.6 is 23.2 Å². The molecule has 4 rings (SSSR count). The number of anilines is 3. The van der Waals surface area contributed by atoms with E-state index < -0.39 is 12.0 Å². The van der Waals surface area contributed by atoms with Crippen LogP contribution in [0.3, 0.4) is 0 Å². The lowest BCUT2D eigenvalue weighted by Gasteiger charge is -2.47. The van der Waals surface area contributed by atoms with Crippen LogP contribution in [0.25, 0.3) is 0 Å². The van der Waals surface area contributed by atoms with Gasteiger partial charge in [0.1, 0.15) is 11.0 Å². The summed E-state index contributed by atoms with van der Waals surface area (Å²) in [5.74, 6) is 0.504. The second kappa shape index (κ2) is 12.6. The van der Waals surface area contributed by atoms with Crippen molar-refractivity contribution in [1.82, 2.24) is 30.1 Å². The van der Waals surface area contributed by atoms with Crippen molar-refractivity contribution in [1.29, 1.82) is 0 Å². The Hall–Kier alpha value is -2.44. The molecular formula is C25H37Cl2N9O2. The highest BCUT2D eigenvalue weighted by Crippen LogP contribution is 2.30. The van der Waals surface area contributed by atoms with Crippen LogP contribution < -0.4 is 21.7 Å². The number of carbonyl (C=O) groups excluding carboxylic acids is 1. The highest BCUT2D eigenvalue weighted by molar-refractivity contribution is 6.32. The van der Waals surface area contributed by atoms with Gasteiger partial charge in [-0.1, -0.05) is 36.2 Å². The maximum atomic E-state index is 12.4. The molecule has 6 N–H and O–H groups in total. The van der Waals surface area contributed by atoms with Gasteiger partial charge in [-0.2, -0.15) is 0 Å². The minimum absolute atomic E-state index is 0.0202. The topological polar surface area (TPSA) is 150 Å². The highest BCUT2D eigenvalue weighted by Gasteiger charge is 2.34. The van der Waals surface area contributed by atoms with Crippen molar-refractivity contribution in [2.75, 3.05) is 55.6 Å². The van der Waals surface area contributed by atoms with E-state index in [-0.39, 0.29) is 23.2 Å². The Bertz CT molecular complexity index is 1130. The zero-order valence-corrected chi connectivity index (χ0v) is 23.4. The van der Waals surface area contributed by atoms with Gasteiger partial charge in [-0.05, 0) is 45.3 Å². The molecule has 1 amide bonds. The number of piperidine rings is 1. The Balaban J connectivity index is 1.35. The van der Waals surface area contributed by atoms with Crippen LogP contribution in [0.4, 0.5) is 17.5 Å². The highest BCUT2D eigenvalue weighted by atomic mass is 35.5. The molecule has 2 atom stereocenters. The Morgan fingerprint density at radius 1 is 1.13 bits per heavy atom. The molecule has 2 aliphatic rings. The van der Waals surface area contributed by atoms with E-state index in [1.807, 2.05) is 6.07 Å². The Morgan fingerprint density at radius 3 is 2.53 bits per heavy atom. The quantitative estimate of drug-likeness (QED) is 0.350. The number of aliphatic hydroxyl groups excluding tert-OH is 1. The van der Waals surface area contributed by atoms with Crippen LogP contribution in [0.5, 0.6) is 0 Å². The molecule has 0 radical (unpaired) electrons. The number of halogens is 2. The molecule has 0 aliphatic carbocycles. The van der Waals surface area contributed by atoms with Crippen LogP contribution in [-0.4, -0.2) is 93.2 Å². The third-order valence-corrected chi connectivity index (χ3v) is 7.80. The lowest BCUT2D eigenvalue weighted by molar-refractivity contribution is 0.0611. The van der Waals surface area contributed by atoms with Crippen LogP contribution in [0.1, 0.15) is 49.2 Å². The van der Waals surface area contributed by atoms with Crippen molar-refractivity contribution in [2.45, 2.75) is 57.8 Å². The molecule has 11 nitrogen and oxygen atoms in total. The van der Waals surface area contributed by atoms with Gasteiger partial charge in [-0.15, -0.1) is 0 Å². The predicted molar refractivity (Wildman–Crippen MR) is 150 cm³/mol. The minimum Gasteiger partial charge on any atom is -0.392 e. The molecule has 2 aromatic rings. The Kier molecular flexibility index (Phi) is 9.48. The van der Waals surface area contributed by atoms with Crippen molar-refractivity contribution < 1.29 is 9.90 Å². The number of carbonyl (C=O) groups is 1. The molecule has 208 valence electrons. The van der Waals surface area contributed by atoms with E-state index in [2.05, 4.69) is 41.9 Å². The van der Waals surface area contributed by atoms with Crippen LogP contribution in [0.15, 0.2) is 12.1 Å². The number of hydrogen-bond acceptors (Lipinski definition) is 10. The van der Waals surface area contributed by atoms with Crippen molar-refractivity contribution in [3.63, 3.8) is 0 Å². The van der Waals surface area contributed by atoms with E-state index in [9.17, 15) is 9.90 Å². The molecule has 2 saturated heterocycles. The SMILES string of the molecule is CC[C@H]1CN(c2nc(N)c(C(=O)NC[C@H](C)O)nc2Cl)CCN1C1CCN(Cc2ccc(Cl)nc2N)CC1. The normalized spacial score (nSPS) is 20.4. The van der Waals surface area contributed by atoms with Gasteiger partial charge >= 0.3 is 0 Å². The summed E-state index contributed by atoms with van der Waals surface area (Å²) in [6, 6.07) is 4.59. The van der Waals surface area contributed by atoms with Gasteiger partial charge in [0.05, 0.1) is 6.10 Å². The molecule has 2 aromatic heterocycles. The van der Waals surface area contributed by atoms with E-state index in [0.29, 0.717) is 28.9 Å². The first kappa shape index (κ1) is 28.6. The van der Waals surface area contributed by atoms with Crippen molar-refractivity contribution in [3.8, 4) is 0 Å². The van der Waals surface area contributed by atoms with E-state index in [0.717, 1.165) is 64.1 Å². The summed E-state index contributed by atoms with van der Waals surface area (Å²) in [5.41, 5.74) is 13.1. The molecule has 13 heteroatoms. The van der Waals surface area contributed by atoms with Crippen molar-refractivity contribution in [2.24, 2.45) is 0 Å². The summed E-state index contributed by atoms with van der Waals surface area (Å²) in [4.78, 5) is 32.4. The Morgan fingerprint density at radius 2 is 1.87 bits per heavy atom. The second-order valence-electron chi connectivity index (χ2n) is 10.1. The first-order valence-electron chi connectivity index (χ1n) is 13.1. The third kappa shape index (κ3) is 6.76. The average Bonchev–Trinajstić information content (AvgIpc) is 2.90. The fourth-order valence-electron chi connectivity index (χ4n) is 5.28. The van der Waals surface area contributed by atoms with E-state index in [4.69, 9.17) is 34.7 Å². The number of piperazine rings is 1. The number of amides is 1. The van der Waals surface area contributed by atoms with E-state index in [1.165, 1.54) is 0 Å². The van der Waals surface area contributed by atoms with Crippen LogP contribution in [-0.2, 0) is 6.54 Å². The van der Waals surface area contributed by atoms with Gasteiger partial charge in [0.2, 0.25) is 0 Å². The number of aliphatic hydroxyl groups is 1. The smallest absolute Gasteiger partial charge is 0.273 e. The third-order valence-electron chi connectivity index (χ3n) is 7.33. The van der Waals surface area contributed by atoms with E-state index >= 15 is 0 Å². The summed E-state index contributed by atoms with van der Waals surface area (Å²) < 4.78 is 0. The average molecular weight is 567 g/mol. The monoisotopic (exact) mass is 565 g/mol.